The van der Waals surface area contributed by atoms with E-state index in [0.29, 0.717) is 23.5 Å². The van der Waals surface area contributed by atoms with Crippen LogP contribution >= 0.6 is 11.8 Å². The molecule has 0 saturated carbocycles. The third-order valence-electron chi connectivity index (χ3n) is 5.40. The number of hydrogen-bond acceptors (Lipinski definition) is 8. The molecule has 9 heteroatoms. The first-order valence-electron chi connectivity index (χ1n) is 10.7. The second-order valence-electron chi connectivity index (χ2n) is 8.22. The number of fused-ring (bicyclic) bond motifs is 1. The summed E-state index contributed by atoms with van der Waals surface area (Å²) in [4.78, 5) is 25.3. The number of nitrogens with one attached hydrogen (secondary N) is 1. The Morgan fingerprint density at radius 1 is 1.12 bits per heavy atom. The summed E-state index contributed by atoms with van der Waals surface area (Å²) < 4.78 is 21.9. The molecule has 2 unspecified atom stereocenters. The van der Waals surface area contributed by atoms with Crippen LogP contribution in [0.25, 0.3) is 0 Å². The summed E-state index contributed by atoms with van der Waals surface area (Å²) in [6.07, 6.45) is -2.03. The molecule has 2 heterocycles. The molecule has 2 aromatic carbocycles. The number of aryl methyl sites for hydroxylation is 2. The SMILES string of the molecule is CC(=O)OC[C@H]1O[C@@H](NC(=O)c2ccc3c(c2)OCO3)C(O)CC1Sc1cc(C)cc(C)c1. The van der Waals surface area contributed by atoms with Crippen LogP contribution in [0.4, 0.5) is 0 Å². The summed E-state index contributed by atoms with van der Waals surface area (Å²) >= 11 is 1.57. The molecule has 1 fully saturated rings. The highest BCUT2D eigenvalue weighted by Crippen LogP contribution is 2.36. The highest BCUT2D eigenvalue weighted by molar-refractivity contribution is 8.00. The largest absolute Gasteiger partial charge is 0.463 e. The molecule has 0 aliphatic carbocycles. The molecule has 2 N–H and O–H groups in total. The van der Waals surface area contributed by atoms with Crippen molar-refractivity contribution in [2.24, 2.45) is 0 Å². The molecule has 176 valence electrons. The molecule has 4 atom stereocenters. The lowest BCUT2D eigenvalue weighted by Gasteiger charge is -2.39. The van der Waals surface area contributed by atoms with Gasteiger partial charge in [-0.2, -0.15) is 0 Å². The fourth-order valence-electron chi connectivity index (χ4n) is 3.91. The minimum Gasteiger partial charge on any atom is -0.463 e. The van der Waals surface area contributed by atoms with Crippen molar-refractivity contribution in [3.63, 3.8) is 0 Å². The van der Waals surface area contributed by atoms with Gasteiger partial charge in [0.05, 0.1) is 6.10 Å². The van der Waals surface area contributed by atoms with Gasteiger partial charge >= 0.3 is 5.97 Å². The Labute approximate surface area is 196 Å². The number of rotatable bonds is 6. The average molecular weight is 474 g/mol. The third kappa shape index (κ3) is 5.79. The van der Waals surface area contributed by atoms with Crippen molar-refractivity contribution in [2.45, 2.75) is 55.8 Å². The van der Waals surface area contributed by atoms with Crippen LogP contribution in [0.15, 0.2) is 41.3 Å². The van der Waals surface area contributed by atoms with E-state index in [1.807, 2.05) is 13.8 Å². The number of hydrogen-bond donors (Lipinski definition) is 2. The van der Waals surface area contributed by atoms with Gasteiger partial charge in [0.1, 0.15) is 12.7 Å². The van der Waals surface area contributed by atoms with Crippen molar-refractivity contribution in [3.8, 4) is 11.5 Å². The van der Waals surface area contributed by atoms with Crippen molar-refractivity contribution in [2.75, 3.05) is 13.4 Å². The first-order chi connectivity index (χ1) is 15.8. The molecule has 8 nitrogen and oxygen atoms in total. The lowest BCUT2D eigenvalue weighted by molar-refractivity contribution is -0.160. The number of thioether (sulfide) groups is 1. The molecule has 4 rings (SSSR count). The predicted octanol–water partition coefficient (Wildman–Crippen LogP) is 2.96. The Morgan fingerprint density at radius 2 is 1.85 bits per heavy atom. The Bertz CT molecular complexity index is 1020. The maximum absolute atomic E-state index is 12.8. The summed E-state index contributed by atoms with van der Waals surface area (Å²) in [5.41, 5.74) is 2.64. The minimum atomic E-state index is -0.945. The molecule has 0 aromatic heterocycles. The average Bonchev–Trinajstić information content (AvgIpc) is 3.21. The lowest BCUT2D eigenvalue weighted by Crippen LogP contribution is -2.55. The number of carbonyl (C=O) groups is 2. The minimum absolute atomic E-state index is 0.0287. The van der Waals surface area contributed by atoms with E-state index in [0.717, 1.165) is 16.0 Å². The molecule has 2 aromatic rings. The van der Waals surface area contributed by atoms with Crippen LogP contribution in [0, 0.1) is 13.8 Å². The van der Waals surface area contributed by atoms with Crippen molar-refractivity contribution in [3.05, 3.63) is 53.1 Å². The lowest BCUT2D eigenvalue weighted by atomic mass is 10.0. The van der Waals surface area contributed by atoms with Gasteiger partial charge in [-0.05, 0) is 61.7 Å². The van der Waals surface area contributed by atoms with Gasteiger partial charge in [0, 0.05) is 22.6 Å². The van der Waals surface area contributed by atoms with E-state index in [1.54, 1.807) is 30.0 Å². The molecule has 0 radical (unpaired) electrons. The first kappa shape index (κ1) is 23.4. The molecular weight excluding hydrogens is 446 g/mol. The molecule has 0 spiro atoms. The van der Waals surface area contributed by atoms with E-state index in [9.17, 15) is 14.7 Å². The van der Waals surface area contributed by atoms with E-state index < -0.39 is 30.3 Å². The number of amides is 1. The zero-order valence-corrected chi connectivity index (χ0v) is 19.5. The van der Waals surface area contributed by atoms with Crippen molar-refractivity contribution >= 4 is 23.6 Å². The summed E-state index contributed by atoms with van der Waals surface area (Å²) in [5.74, 6) is 0.239. The molecule has 33 heavy (non-hydrogen) atoms. The molecule has 1 amide bonds. The third-order valence-corrected chi connectivity index (χ3v) is 6.71. The van der Waals surface area contributed by atoms with E-state index in [-0.39, 0.29) is 18.6 Å². The maximum atomic E-state index is 12.8. The number of carbonyl (C=O) groups excluding carboxylic acids is 2. The topological polar surface area (TPSA) is 103 Å². The second kappa shape index (κ2) is 10.0. The first-order valence-corrected chi connectivity index (χ1v) is 11.6. The van der Waals surface area contributed by atoms with Gasteiger partial charge in [-0.15, -0.1) is 11.8 Å². The number of aliphatic hydroxyl groups is 1. The zero-order chi connectivity index (χ0) is 23.5. The summed E-state index contributed by atoms with van der Waals surface area (Å²) in [7, 11) is 0. The van der Waals surface area contributed by atoms with Crippen LogP contribution in [0.3, 0.4) is 0 Å². The highest BCUT2D eigenvalue weighted by Gasteiger charge is 2.39. The molecule has 1 saturated heterocycles. The zero-order valence-electron chi connectivity index (χ0n) is 18.7. The molecule has 2 aliphatic rings. The monoisotopic (exact) mass is 473 g/mol. The fourth-order valence-corrected chi connectivity index (χ4v) is 5.35. The summed E-state index contributed by atoms with van der Waals surface area (Å²) in [6.45, 7) is 5.54. The number of ether oxygens (including phenoxy) is 4. The standard InChI is InChI=1S/C24H27NO7S/c1-13-6-14(2)8-17(7-13)33-22-10-18(27)24(32-21(22)11-29-15(3)26)25-23(28)16-4-5-19-20(9-16)31-12-30-19/h4-9,18,21-22,24,27H,10-12H2,1-3H3,(H,25,28)/t18?,21-,22?,24-/m1/s1. The predicted molar refractivity (Wildman–Crippen MR) is 122 cm³/mol. The normalized spacial score (nSPS) is 23.8. The molecular formula is C24H27NO7S. The van der Waals surface area contributed by atoms with E-state index in [4.69, 9.17) is 18.9 Å². The van der Waals surface area contributed by atoms with Crippen LogP contribution in [0.2, 0.25) is 0 Å². The Morgan fingerprint density at radius 3 is 2.58 bits per heavy atom. The number of esters is 1. The van der Waals surface area contributed by atoms with Crippen LogP contribution < -0.4 is 14.8 Å². The van der Waals surface area contributed by atoms with Gasteiger partial charge in [0.25, 0.3) is 5.91 Å². The van der Waals surface area contributed by atoms with Gasteiger partial charge in [-0.3, -0.25) is 9.59 Å². The van der Waals surface area contributed by atoms with Gasteiger partial charge in [0.15, 0.2) is 17.7 Å². The van der Waals surface area contributed by atoms with Crippen molar-refractivity contribution in [1.82, 2.24) is 5.32 Å². The molecule has 0 bridgehead atoms. The van der Waals surface area contributed by atoms with Crippen LogP contribution in [0.5, 0.6) is 11.5 Å². The van der Waals surface area contributed by atoms with Gasteiger partial charge in [0.2, 0.25) is 6.79 Å². The summed E-state index contributed by atoms with van der Waals surface area (Å²) in [6, 6.07) is 11.1. The summed E-state index contributed by atoms with van der Waals surface area (Å²) in [5, 5.41) is 13.3. The van der Waals surface area contributed by atoms with Crippen molar-refractivity contribution < 1.29 is 33.6 Å². The number of benzene rings is 2. The van der Waals surface area contributed by atoms with E-state index >= 15 is 0 Å². The smallest absolute Gasteiger partial charge is 0.302 e. The van der Waals surface area contributed by atoms with Crippen LogP contribution in [-0.4, -0.2) is 54.1 Å². The molecule has 2 aliphatic heterocycles. The fraction of sp³-hybridized carbons (Fsp3) is 0.417. The number of aliphatic hydroxyl groups excluding tert-OH is 1. The second-order valence-corrected chi connectivity index (χ2v) is 9.53. The highest BCUT2D eigenvalue weighted by atomic mass is 32.2. The van der Waals surface area contributed by atoms with Crippen LogP contribution in [-0.2, 0) is 14.3 Å². The quantitative estimate of drug-likeness (QED) is 0.618. The van der Waals surface area contributed by atoms with Gasteiger partial charge < -0.3 is 29.4 Å². The van der Waals surface area contributed by atoms with E-state index in [1.165, 1.54) is 6.92 Å². The Kier molecular flexibility index (Phi) is 7.11. The Hall–Kier alpha value is -2.75. The Balaban J connectivity index is 1.46. The van der Waals surface area contributed by atoms with E-state index in [2.05, 4.69) is 23.5 Å². The van der Waals surface area contributed by atoms with Gasteiger partial charge in [-0.1, -0.05) is 6.07 Å². The van der Waals surface area contributed by atoms with Gasteiger partial charge in [-0.25, -0.2) is 0 Å². The van der Waals surface area contributed by atoms with Crippen molar-refractivity contribution in [1.29, 1.82) is 0 Å². The van der Waals surface area contributed by atoms with Crippen LogP contribution in [0.1, 0.15) is 34.8 Å². The maximum Gasteiger partial charge on any atom is 0.302 e.